The number of hydrogen-bond donors (Lipinski definition) is 1. The van der Waals surface area contributed by atoms with E-state index in [0.29, 0.717) is 11.1 Å². The third kappa shape index (κ3) is 3.67. The largest absolute Gasteiger partial charge is 0.416 e. The Morgan fingerprint density at radius 3 is 2.64 bits per heavy atom. The molecule has 1 aromatic rings. The summed E-state index contributed by atoms with van der Waals surface area (Å²) in [5.41, 5.74) is 6.55. The summed E-state index contributed by atoms with van der Waals surface area (Å²) in [5.74, 6) is -0.656. The van der Waals surface area contributed by atoms with Crippen molar-refractivity contribution in [3.8, 4) is 0 Å². The monoisotopic (exact) mass is 307 g/mol. The Bertz CT molecular complexity index is 669. The number of alkyl halides is 3. The molecule has 1 aliphatic rings. The quantitative estimate of drug-likeness (QED) is 0.897. The lowest BCUT2D eigenvalue weighted by Crippen LogP contribution is -2.17. The molecule has 2 N–H and O–H groups in total. The van der Waals surface area contributed by atoms with Gasteiger partial charge in [-0.2, -0.15) is 13.2 Å². The molecule has 0 fully saturated rings. The fourth-order valence-electron chi connectivity index (χ4n) is 2.48. The Kier molecular flexibility index (Phi) is 4.54. The summed E-state index contributed by atoms with van der Waals surface area (Å²) in [6.07, 6.45) is 2.99. The molecule has 5 heteroatoms. The highest BCUT2D eigenvalue weighted by Gasteiger charge is 2.30. The highest BCUT2D eigenvalue weighted by atomic mass is 19.4. The lowest BCUT2D eigenvalue weighted by Gasteiger charge is -2.19. The minimum absolute atomic E-state index is 0.131. The lowest BCUT2D eigenvalue weighted by atomic mass is 9.86. The van der Waals surface area contributed by atoms with Crippen LogP contribution in [0.5, 0.6) is 0 Å². The first-order valence-electron chi connectivity index (χ1n) is 6.80. The van der Waals surface area contributed by atoms with Gasteiger partial charge in [0, 0.05) is 12.3 Å². The van der Waals surface area contributed by atoms with Crippen LogP contribution in [0, 0.1) is 5.92 Å². The minimum atomic E-state index is -4.38. The maximum Gasteiger partial charge on any atom is 0.416 e. The number of rotatable bonds is 3. The van der Waals surface area contributed by atoms with E-state index in [4.69, 9.17) is 5.73 Å². The first-order valence-corrected chi connectivity index (χ1v) is 6.80. The summed E-state index contributed by atoms with van der Waals surface area (Å²) in [6, 6.07) is 5.17. The normalized spacial score (nSPS) is 20.1. The van der Waals surface area contributed by atoms with Gasteiger partial charge in [-0.3, -0.25) is 4.79 Å². The molecule has 0 heterocycles. The molecule has 1 unspecified atom stereocenters. The molecule has 0 bridgehead atoms. The van der Waals surface area contributed by atoms with Crippen LogP contribution in [0.4, 0.5) is 13.2 Å². The maximum atomic E-state index is 12.8. The van der Waals surface area contributed by atoms with Crippen molar-refractivity contribution in [2.24, 2.45) is 11.7 Å². The van der Waals surface area contributed by atoms with E-state index in [9.17, 15) is 18.0 Å². The molecule has 2 nitrogen and oxygen atoms in total. The molecule has 0 aliphatic heterocycles. The van der Waals surface area contributed by atoms with Crippen LogP contribution in [0.15, 0.2) is 54.1 Å². The highest BCUT2D eigenvalue weighted by molar-refractivity contribution is 5.77. The number of carbonyl (C=O) groups excluding carboxylic acids is 1. The van der Waals surface area contributed by atoms with Crippen molar-refractivity contribution in [3.63, 3.8) is 0 Å². The molecule has 0 saturated carbocycles. The average molecular weight is 307 g/mol. The second-order valence-corrected chi connectivity index (χ2v) is 5.18. The second-order valence-electron chi connectivity index (χ2n) is 5.18. The SMILES string of the molecule is C/C(=C1/C=CC=CC1CC(N)=O)c1cccc(C(F)(F)F)c1. The Morgan fingerprint density at radius 1 is 1.27 bits per heavy atom. The molecule has 1 amide bonds. The fourth-order valence-corrected chi connectivity index (χ4v) is 2.48. The molecule has 0 radical (unpaired) electrons. The Hall–Kier alpha value is -2.30. The smallest absolute Gasteiger partial charge is 0.370 e. The molecule has 1 aromatic carbocycles. The number of allylic oxidation sites excluding steroid dienone is 6. The molecule has 1 aliphatic carbocycles. The van der Waals surface area contributed by atoms with Crippen molar-refractivity contribution in [1.82, 2.24) is 0 Å². The Labute approximate surface area is 126 Å². The summed E-state index contributed by atoms with van der Waals surface area (Å²) in [4.78, 5) is 11.2. The van der Waals surface area contributed by atoms with Crippen LogP contribution >= 0.6 is 0 Å². The Morgan fingerprint density at radius 2 is 2.00 bits per heavy atom. The van der Waals surface area contributed by atoms with Crippen LogP contribution in [0.25, 0.3) is 5.57 Å². The second kappa shape index (κ2) is 6.22. The number of hydrogen-bond acceptors (Lipinski definition) is 1. The topological polar surface area (TPSA) is 43.1 Å². The average Bonchev–Trinajstić information content (AvgIpc) is 2.46. The van der Waals surface area contributed by atoms with Crippen LogP contribution in [0.2, 0.25) is 0 Å². The molecular weight excluding hydrogens is 291 g/mol. The number of amides is 1. The highest BCUT2D eigenvalue weighted by Crippen LogP contribution is 2.34. The first kappa shape index (κ1) is 16.1. The van der Waals surface area contributed by atoms with Crippen LogP contribution in [0.3, 0.4) is 0 Å². The predicted octanol–water partition coefficient (Wildman–Crippen LogP) is 4.10. The molecule has 0 aromatic heterocycles. The first-order chi connectivity index (χ1) is 10.3. The number of nitrogens with two attached hydrogens (primary N) is 1. The van der Waals surface area contributed by atoms with Gasteiger partial charge in [0.1, 0.15) is 0 Å². The van der Waals surface area contributed by atoms with Crippen molar-refractivity contribution >= 4 is 11.5 Å². The molecule has 0 spiro atoms. The van der Waals surface area contributed by atoms with Gasteiger partial charge in [0.2, 0.25) is 5.91 Å². The zero-order valence-electron chi connectivity index (χ0n) is 12.0. The van der Waals surface area contributed by atoms with E-state index in [1.165, 1.54) is 6.07 Å². The zero-order valence-corrected chi connectivity index (χ0v) is 12.0. The zero-order chi connectivity index (χ0) is 16.3. The van der Waals surface area contributed by atoms with Gasteiger partial charge in [-0.1, -0.05) is 36.4 Å². The molecule has 0 saturated heterocycles. The van der Waals surface area contributed by atoms with Crippen LogP contribution in [-0.2, 0) is 11.0 Å². The van der Waals surface area contributed by atoms with E-state index in [1.54, 1.807) is 25.1 Å². The summed E-state index contributed by atoms with van der Waals surface area (Å²) >= 11 is 0. The van der Waals surface area contributed by atoms with E-state index in [0.717, 1.165) is 17.7 Å². The number of primary amides is 1. The van der Waals surface area contributed by atoms with Crippen LogP contribution < -0.4 is 5.73 Å². The summed E-state index contributed by atoms with van der Waals surface area (Å²) in [6.45, 7) is 1.75. The molecule has 22 heavy (non-hydrogen) atoms. The molecule has 116 valence electrons. The van der Waals surface area contributed by atoms with Gasteiger partial charge in [0.25, 0.3) is 0 Å². The standard InChI is InChI=1S/C17H16F3NO/c1-11(12-6-4-7-14(9-12)17(18,19)20)15-8-3-2-5-13(15)10-16(21)22/h2-9,13H,10H2,1H3,(H2,21,22)/b15-11+. The fraction of sp³-hybridized carbons (Fsp3) is 0.235. The van der Waals surface area contributed by atoms with Gasteiger partial charge in [0.15, 0.2) is 0 Å². The Balaban J connectivity index is 2.44. The summed E-state index contributed by atoms with van der Waals surface area (Å²) in [7, 11) is 0. The van der Waals surface area contributed by atoms with Crippen LogP contribution in [0.1, 0.15) is 24.5 Å². The van der Waals surface area contributed by atoms with E-state index < -0.39 is 17.6 Å². The molecule has 1 atom stereocenters. The van der Waals surface area contributed by atoms with Crippen molar-refractivity contribution in [1.29, 1.82) is 0 Å². The van der Waals surface area contributed by atoms with Gasteiger partial charge in [0.05, 0.1) is 5.56 Å². The van der Waals surface area contributed by atoms with Gasteiger partial charge in [-0.15, -0.1) is 0 Å². The van der Waals surface area contributed by atoms with Crippen molar-refractivity contribution in [2.75, 3.05) is 0 Å². The van der Waals surface area contributed by atoms with E-state index >= 15 is 0 Å². The number of benzene rings is 1. The molecular formula is C17H16F3NO. The number of halogens is 3. The maximum absolute atomic E-state index is 12.8. The van der Waals surface area contributed by atoms with Crippen molar-refractivity contribution < 1.29 is 18.0 Å². The van der Waals surface area contributed by atoms with Gasteiger partial charge >= 0.3 is 6.18 Å². The van der Waals surface area contributed by atoms with Gasteiger partial charge in [-0.05, 0) is 35.8 Å². The van der Waals surface area contributed by atoms with E-state index in [1.807, 2.05) is 12.2 Å². The van der Waals surface area contributed by atoms with E-state index in [2.05, 4.69) is 0 Å². The van der Waals surface area contributed by atoms with Crippen LogP contribution in [-0.4, -0.2) is 5.91 Å². The third-order valence-electron chi connectivity index (χ3n) is 3.61. The molecule has 2 rings (SSSR count). The number of carbonyl (C=O) groups is 1. The lowest BCUT2D eigenvalue weighted by molar-refractivity contribution is -0.137. The minimum Gasteiger partial charge on any atom is -0.370 e. The van der Waals surface area contributed by atoms with Gasteiger partial charge in [-0.25, -0.2) is 0 Å². The van der Waals surface area contributed by atoms with Crippen molar-refractivity contribution in [2.45, 2.75) is 19.5 Å². The third-order valence-corrected chi connectivity index (χ3v) is 3.61. The van der Waals surface area contributed by atoms with E-state index in [-0.39, 0.29) is 12.3 Å². The van der Waals surface area contributed by atoms with Crippen molar-refractivity contribution in [3.05, 3.63) is 65.3 Å². The van der Waals surface area contributed by atoms with Gasteiger partial charge < -0.3 is 5.73 Å². The summed E-state index contributed by atoms with van der Waals surface area (Å²) < 4.78 is 38.5. The predicted molar refractivity (Wildman–Crippen MR) is 79.6 cm³/mol. The summed E-state index contributed by atoms with van der Waals surface area (Å²) in [5, 5.41) is 0.